The van der Waals surface area contributed by atoms with E-state index in [-0.39, 0.29) is 16.7 Å². The van der Waals surface area contributed by atoms with E-state index in [0.29, 0.717) is 25.2 Å². The van der Waals surface area contributed by atoms with Gasteiger partial charge in [-0.05, 0) is 24.8 Å². The summed E-state index contributed by atoms with van der Waals surface area (Å²) in [7, 11) is 0. The zero-order chi connectivity index (χ0) is 15.2. The monoisotopic (exact) mass is 313 g/mol. The van der Waals surface area contributed by atoms with Gasteiger partial charge in [0.25, 0.3) is 0 Å². The van der Waals surface area contributed by atoms with Gasteiger partial charge in [0, 0.05) is 12.6 Å². The molecule has 1 aromatic rings. The van der Waals surface area contributed by atoms with E-state index in [1.54, 1.807) is 0 Å². The Morgan fingerprint density at radius 1 is 1.52 bits per heavy atom. The van der Waals surface area contributed by atoms with Gasteiger partial charge in [0.15, 0.2) is 0 Å². The first kappa shape index (κ1) is 16.0. The molecule has 1 N–H and O–H groups in total. The minimum absolute atomic E-state index is 0.0781. The third kappa shape index (κ3) is 4.82. The summed E-state index contributed by atoms with van der Waals surface area (Å²) in [6.45, 7) is 3.22. The molecule has 21 heavy (non-hydrogen) atoms. The quantitative estimate of drug-likeness (QED) is 0.375. The molecule has 0 amide bonds. The van der Waals surface area contributed by atoms with E-state index in [2.05, 4.69) is 17.2 Å². The number of ether oxygens (including phenoxy) is 1. The molecule has 6 nitrogen and oxygen atoms in total. The number of pyridine rings is 1. The lowest BCUT2D eigenvalue weighted by Crippen LogP contribution is -2.24. The van der Waals surface area contributed by atoms with Gasteiger partial charge in [-0.2, -0.15) is 0 Å². The lowest BCUT2D eigenvalue weighted by molar-refractivity contribution is -0.384. The Kier molecular flexibility index (Phi) is 5.76. The molecular weight excluding hydrogens is 294 g/mol. The standard InChI is InChI=1S/C14H20ClN3O3/c1-10-3-2-4-11(9-10)21-8-7-16-14-12(18(19)20)5-6-13(15)17-14/h5-6,10-11H,2-4,7-9H2,1H3,(H,16,17). The highest BCUT2D eigenvalue weighted by atomic mass is 35.5. The van der Waals surface area contributed by atoms with Crippen molar-refractivity contribution in [3.8, 4) is 0 Å². The third-order valence-electron chi connectivity index (χ3n) is 3.67. The van der Waals surface area contributed by atoms with Crippen LogP contribution in [0.5, 0.6) is 0 Å². The normalized spacial score (nSPS) is 22.0. The zero-order valence-corrected chi connectivity index (χ0v) is 12.8. The van der Waals surface area contributed by atoms with Crippen molar-refractivity contribution in [2.75, 3.05) is 18.5 Å². The van der Waals surface area contributed by atoms with E-state index in [0.717, 1.165) is 12.8 Å². The maximum Gasteiger partial charge on any atom is 0.311 e. The molecule has 2 atom stereocenters. The molecule has 1 heterocycles. The largest absolute Gasteiger partial charge is 0.376 e. The van der Waals surface area contributed by atoms with Crippen LogP contribution in [-0.4, -0.2) is 29.2 Å². The van der Waals surface area contributed by atoms with E-state index in [4.69, 9.17) is 16.3 Å². The van der Waals surface area contributed by atoms with Crippen LogP contribution in [0, 0.1) is 16.0 Å². The number of aromatic nitrogens is 1. The first-order valence-electron chi connectivity index (χ1n) is 7.22. The van der Waals surface area contributed by atoms with Crippen LogP contribution in [-0.2, 0) is 4.74 Å². The van der Waals surface area contributed by atoms with Gasteiger partial charge in [-0.3, -0.25) is 10.1 Å². The number of nitro groups is 1. The summed E-state index contributed by atoms with van der Waals surface area (Å²) in [6, 6.07) is 2.76. The summed E-state index contributed by atoms with van der Waals surface area (Å²) in [5.41, 5.74) is -0.0781. The van der Waals surface area contributed by atoms with Gasteiger partial charge in [-0.25, -0.2) is 4.98 Å². The highest BCUT2D eigenvalue weighted by molar-refractivity contribution is 6.29. The van der Waals surface area contributed by atoms with Gasteiger partial charge < -0.3 is 10.1 Å². The molecule has 0 aliphatic heterocycles. The topological polar surface area (TPSA) is 77.3 Å². The molecule has 1 fully saturated rings. The highest BCUT2D eigenvalue weighted by Gasteiger charge is 2.19. The average molecular weight is 314 g/mol. The second-order valence-electron chi connectivity index (χ2n) is 5.45. The molecule has 7 heteroatoms. The van der Waals surface area contributed by atoms with E-state index in [1.807, 2.05) is 0 Å². The minimum atomic E-state index is -0.477. The Labute approximate surface area is 129 Å². The molecule has 0 bridgehead atoms. The molecule has 0 saturated heterocycles. The molecule has 1 aliphatic rings. The van der Waals surface area contributed by atoms with Crippen molar-refractivity contribution in [2.24, 2.45) is 5.92 Å². The Hall–Kier alpha value is -1.40. The molecule has 1 aliphatic carbocycles. The number of nitrogens with zero attached hydrogens (tertiary/aromatic N) is 2. The molecule has 2 rings (SSSR count). The number of nitrogens with one attached hydrogen (secondary N) is 1. The summed E-state index contributed by atoms with van der Waals surface area (Å²) in [5, 5.41) is 14.1. The van der Waals surface area contributed by atoms with Crippen LogP contribution in [0.4, 0.5) is 11.5 Å². The highest BCUT2D eigenvalue weighted by Crippen LogP contribution is 2.26. The van der Waals surface area contributed by atoms with Gasteiger partial charge >= 0.3 is 5.69 Å². The lowest BCUT2D eigenvalue weighted by Gasteiger charge is -2.26. The average Bonchev–Trinajstić information content (AvgIpc) is 2.43. The van der Waals surface area contributed by atoms with Crippen LogP contribution in [0.25, 0.3) is 0 Å². The smallest absolute Gasteiger partial charge is 0.311 e. The predicted octanol–water partition coefficient (Wildman–Crippen LogP) is 3.65. The summed E-state index contributed by atoms with van der Waals surface area (Å²) < 4.78 is 5.81. The first-order chi connectivity index (χ1) is 10.1. The van der Waals surface area contributed by atoms with Gasteiger partial charge in [-0.1, -0.05) is 31.4 Å². The van der Waals surface area contributed by atoms with Gasteiger partial charge in [0.1, 0.15) is 5.15 Å². The number of halogens is 1. The summed E-state index contributed by atoms with van der Waals surface area (Å²) in [6.07, 6.45) is 4.98. The fourth-order valence-electron chi connectivity index (χ4n) is 2.63. The van der Waals surface area contributed by atoms with E-state index >= 15 is 0 Å². The molecule has 0 radical (unpaired) electrons. The van der Waals surface area contributed by atoms with Crippen molar-refractivity contribution in [2.45, 2.75) is 38.7 Å². The van der Waals surface area contributed by atoms with Crippen LogP contribution >= 0.6 is 11.6 Å². The molecule has 2 unspecified atom stereocenters. The van der Waals surface area contributed by atoms with Crippen LogP contribution in [0.2, 0.25) is 5.15 Å². The molecule has 0 aromatic carbocycles. The Bertz CT molecular complexity index is 498. The summed E-state index contributed by atoms with van der Waals surface area (Å²) >= 11 is 5.77. The van der Waals surface area contributed by atoms with Crippen molar-refractivity contribution in [1.82, 2.24) is 4.98 Å². The van der Waals surface area contributed by atoms with Gasteiger partial charge in [0.2, 0.25) is 5.82 Å². The van der Waals surface area contributed by atoms with Crippen LogP contribution in [0.15, 0.2) is 12.1 Å². The van der Waals surface area contributed by atoms with E-state index in [9.17, 15) is 10.1 Å². The first-order valence-corrected chi connectivity index (χ1v) is 7.60. The zero-order valence-electron chi connectivity index (χ0n) is 12.0. The van der Waals surface area contributed by atoms with Crippen molar-refractivity contribution in [3.05, 3.63) is 27.4 Å². The second-order valence-corrected chi connectivity index (χ2v) is 5.84. The Balaban J connectivity index is 1.80. The SMILES string of the molecule is CC1CCCC(OCCNc2nc(Cl)ccc2[N+](=O)[O-])C1. The Morgan fingerprint density at radius 3 is 3.05 bits per heavy atom. The predicted molar refractivity (Wildman–Crippen MR) is 81.8 cm³/mol. The minimum Gasteiger partial charge on any atom is -0.376 e. The summed E-state index contributed by atoms with van der Waals surface area (Å²) in [4.78, 5) is 14.4. The molecule has 0 spiro atoms. The third-order valence-corrected chi connectivity index (χ3v) is 3.88. The van der Waals surface area contributed by atoms with E-state index < -0.39 is 4.92 Å². The molecule has 1 aromatic heterocycles. The molecule has 1 saturated carbocycles. The van der Waals surface area contributed by atoms with E-state index in [1.165, 1.54) is 25.0 Å². The van der Waals surface area contributed by atoms with Crippen molar-refractivity contribution < 1.29 is 9.66 Å². The number of hydrogen-bond donors (Lipinski definition) is 1. The maximum atomic E-state index is 10.9. The van der Waals surface area contributed by atoms with Crippen molar-refractivity contribution >= 4 is 23.1 Å². The maximum absolute atomic E-state index is 10.9. The number of hydrogen-bond acceptors (Lipinski definition) is 5. The van der Waals surface area contributed by atoms with Crippen molar-refractivity contribution in [3.63, 3.8) is 0 Å². The van der Waals surface area contributed by atoms with Gasteiger partial charge in [-0.15, -0.1) is 0 Å². The van der Waals surface area contributed by atoms with Crippen molar-refractivity contribution in [1.29, 1.82) is 0 Å². The number of anilines is 1. The molecule has 116 valence electrons. The fourth-order valence-corrected chi connectivity index (χ4v) is 2.78. The van der Waals surface area contributed by atoms with Crippen LogP contribution < -0.4 is 5.32 Å². The molecular formula is C14H20ClN3O3. The fraction of sp³-hybridized carbons (Fsp3) is 0.643. The summed E-state index contributed by atoms with van der Waals surface area (Å²) in [5.74, 6) is 0.903. The lowest BCUT2D eigenvalue weighted by atomic mass is 9.89. The Morgan fingerprint density at radius 2 is 2.33 bits per heavy atom. The number of rotatable bonds is 6. The van der Waals surface area contributed by atoms with Crippen LogP contribution in [0.1, 0.15) is 32.6 Å². The second kappa shape index (κ2) is 7.56. The van der Waals surface area contributed by atoms with Crippen LogP contribution in [0.3, 0.4) is 0 Å². The van der Waals surface area contributed by atoms with Gasteiger partial charge in [0.05, 0.1) is 17.6 Å².